The highest BCUT2D eigenvalue weighted by Crippen LogP contribution is 2.37. The van der Waals surface area contributed by atoms with Gasteiger partial charge in [0.05, 0.1) is 22.9 Å². The van der Waals surface area contributed by atoms with Crippen LogP contribution in [0.4, 0.5) is 0 Å². The van der Waals surface area contributed by atoms with Crippen molar-refractivity contribution in [2.24, 2.45) is 0 Å². The Morgan fingerprint density at radius 3 is 2.24 bits per heavy atom. The Labute approximate surface area is 177 Å². The van der Waals surface area contributed by atoms with Crippen LogP contribution in [0, 0.1) is 0 Å². The van der Waals surface area contributed by atoms with Gasteiger partial charge >= 0.3 is 0 Å². The SMILES string of the molecule is COc1ccc2c(c1)c(SC(C)N(C)C)cn2S(=O)(=O)c1ccc(C(C)C)cc1. The first-order valence-electron chi connectivity index (χ1n) is 9.53. The van der Waals surface area contributed by atoms with E-state index in [9.17, 15) is 8.42 Å². The molecule has 0 radical (unpaired) electrons. The Morgan fingerprint density at radius 1 is 1.03 bits per heavy atom. The van der Waals surface area contributed by atoms with Crippen molar-refractivity contribution in [3.05, 3.63) is 54.2 Å². The van der Waals surface area contributed by atoms with Crippen molar-refractivity contribution in [2.75, 3.05) is 21.2 Å². The van der Waals surface area contributed by atoms with Crippen LogP contribution in [0.5, 0.6) is 5.75 Å². The number of benzene rings is 2. The van der Waals surface area contributed by atoms with Crippen LogP contribution < -0.4 is 4.74 Å². The molecule has 0 bridgehead atoms. The number of nitrogens with zero attached hydrogens (tertiary/aromatic N) is 2. The normalized spacial score (nSPS) is 13.4. The van der Waals surface area contributed by atoms with Crippen LogP contribution in [0.2, 0.25) is 0 Å². The van der Waals surface area contributed by atoms with Crippen LogP contribution in [0.25, 0.3) is 10.9 Å². The van der Waals surface area contributed by atoms with Gasteiger partial charge in [0.25, 0.3) is 10.0 Å². The molecule has 0 amide bonds. The number of aromatic nitrogens is 1. The quantitative estimate of drug-likeness (QED) is 0.388. The molecule has 1 heterocycles. The van der Waals surface area contributed by atoms with Crippen LogP contribution in [0.3, 0.4) is 0 Å². The number of ether oxygens (including phenoxy) is 1. The molecule has 1 unspecified atom stereocenters. The smallest absolute Gasteiger partial charge is 0.268 e. The second kappa shape index (κ2) is 8.42. The molecule has 1 atom stereocenters. The van der Waals surface area contributed by atoms with Gasteiger partial charge in [0, 0.05) is 16.5 Å². The fourth-order valence-electron chi connectivity index (χ4n) is 3.00. The second-order valence-corrected chi connectivity index (χ2v) is 10.8. The predicted molar refractivity (Wildman–Crippen MR) is 121 cm³/mol. The maximum absolute atomic E-state index is 13.4. The summed E-state index contributed by atoms with van der Waals surface area (Å²) in [5, 5.41) is 1.05. The first kappa shape index (κ1) is 21.7. The molecule has 2 aromatic carbocycles. The van der Waals surface area contributed by atoms with Crippen molar-refractivity contribution in [3.63, 3.8) is 0 Å². The van der Waals surface area contributed by atoms with Gasteiger partial charge in [-0.15, -0.1) is 11.8 Å². The Morgan fingerprint density at radius 2 is 1.69 bits per heavy atom. The highest BCUT2D eigenvalue weighted by molar-refractivity contribution is 8.00. The third-order valence-electron chi connectivity index (χ3n) is 5.07. The zero-order valence-electron chi connectivity index (χ0n) is 17.7. The van der Waals surface area contributed by atoms with Crippen LogP contribution in [0.15, 0.2) is 58.5 Å². The van der Waals surface area contributed by atoms with Crippen molar-refractivity contribution in [1.29, 1.82) is 0 Å². The molecule has 156 valence electrons. The summed E-state index contributed by atoms with van der Waals surface area (Å²) in [5.41, 5.74) is 1.76. The van der Waals surface area contributed by atoms with Crippen LogP contribution in [0.1, 0.15) is 32.3 Å². The van der Waals surface area contributed by atoms with E-state index in [2.05, 4.69) is 25.7 Å². The fraction of sp³-hybridized carbons (Fsp3) is 0.364. The third-order valence-corrected chi connectivity index (χ3v) is 8.10. The van der Waals surface area contributed by atoms with E-state index in [1.54, 1.807) is 49.3 Å². The Balaban J connectivity index is 2.15. The summed E-state index contributed by atoms with van der Waals surface area (Å²) in [6, 6.07) is 12.6. The fourth-order valence-corrected chi connectivity index (χ4v) is 5.47. The molecule has 0 N–H and O–H groups in total. The minimum absolute atomic E-state index is 0.188. The summed E-state index contributed by atoms with van der Waals surface area (Å²) >= 11 is 1.62. The van der Waals surface area contributed by atoms with E-state index in [4.69, 9.17) is 4.74 Å². The molecule has 1 aromatic heterocycles. The van der Waals surface area contributed by atoms with Gasteiger partial charge in [-0.05, 0) is 62.8 Å². The second-order valence-electron chi connectivity index (χ2n) is 7.58. The molecule has 0 saturated heterocycles. The molecule has 5 nitrogen and oxygen atoms in total. The lowest BCUT2D eigenvalue weighted by Gasteiger charge is -2.18. The van der Waals surface area contributed by atoms with E-state index >= 15 is 0 Å². The molecular weight excluding hydrogens is 404 g/mol. The predicted octanol–water partition coefficient (Wildman–Crippen LogP) is 5.01. The van der Waals surface area contributed by atoms with E-state index < -0.39 is 10.0 Å². The molecule has 0 aliphatic heterocycles. The summed E-state index contributed by atoms with van der Waals surface area (Å²) < 4.78 is 33.6. The first-order valence-corrected chi connectivity index (χ1v) is 11.8. The minimum atomic E-state index is -3.71. The number of hydrogen-bond donors (Lipinski definition) is 0. The lowest BCUT2D eigenvalue weighted by atomic mass is 10.0. The Bertz CT molecular complexity index is 1100. The van der Waals surface area contributed by atoms with Gasteiger partial charge in [-0.2, -0.15) is 0 Å². The summed E-state index contributed by atoms with van der Waals surface area (Å²) in [6.45, 7) is 6.27. The van der Waals surface area contributed by atoms with Gasteiger partial charge in [0.1, 0.15) is 5.75 Å². The van der Waals surface area contributed by atoms with Crippen LogP contribution >= 0.6 is 11.8 Å². The highest BCUT2D eigenvalue weighted by atomic mass is 32.2. The van der Waals surface area contributed by atoms with Gasteiger partial charge < -0.3 is 4.74 Å². The van der Waals surface area contributed by atoms with E-state index in [-0.39, 0.29) is 10.3 Å². The van der Waals surface area contributed by atoms with E-state index in [0.29, 0.717) is 17.2 Å². The van der Waals surface area contributed by atoms with Gasteiger partial charge in [0.2, 0.25) is 0 Å². The summed E-state index contributed by atoms with van der Waals surface area (Å²) in [7, 11) is 1.91. The first-order chi connectivity index (χ1) is 13.6. The largest absolute Gasteiger partial charge is 0.497 e. The van der Waals surface area contributed by atoms with Gasteiger partial charge in [0.15, 0.2) is 0 Å². The summed E-state index contributed by atoms with van der Waals surface area (Å²) in [4.78, 5) is 3.28. The van der Waals surface area contributed by atoms with Crippen molar-refractivity contribution < 1.29 is 13.2 Å². The maximum Gasteiger partial charge on any atom is 0.268 e. The van der Waals surface area contributed by atoms with Crippen LogP contribution in [-0.4, -0.2) is 43.9 Å². The van der Waals surface area contributed by atoms with Crippen molar-refractivity contribution in [1.82, 2.24) is 8.87 Å². The highest BCUT2D eigenvalue weighted by Gasteiger charge is 2.23. The number of methoxy groups -OCH3 is 1. The van der Waals surface area contributed by atoms with Crippen molar-refractivity contribution in [2.45, 2.75) is 41.9 Å². The molecule has 0 saturated carbocycles. The van der Waals surface area contributed by atoms with E-state index in [0.717, 1.165) is 15.8 Å². The molecule has 0 fully saturated rings. The summed E-state index contributed by atoms with van der Waals surface area (Å²) in [6.07, 6.45) is 1.72. The Hall–Kier alpha value is -1.96. The number of hydrogen-bond acceptors (Lipinski definition) is 5. The minimum Gasteiger partial charge on any atom is -0.497 e. The molecular formula is C22H28N2O3S2. The molecule has 3 rings (SSSR count). The number of rotatable bonds is 7. The van der Waals surface area contributed by atoms with E-state index in [1.807, 2.05) is 32.3 Å². The zero-order valence-corrected chi connectivity index (χ0v) is 19.3. The van der Waals surface area contributed by atoms with E-state index in [1.165, 1.54) is 3.97 Å². The number of fused-ring (bicyclic) bond motifs is 1. The molecule has 0 aliphatic carbocycles. The summed E-state index contributed by atoms with van der Waals surface area (Å²) in [5.74, 6) is 1.05. The van der Waals surface area contributed by atoms with Crippen molar-refractivity contribution >= 4 is 32.7 Å². The maximum atomic E-state index is 13.4. The Kier molecular flexibility index (Phi) is 6.31. The standard InChI is InChI=1S/C22H28N2O3S2/c1-15(2)17-7-10-19(11-8-17)29(25,26)24-14-22(28-16(3)23(4)5)20-13-18(27-6)9-12-21(20)24/h7-16H,1-6H3. The van der Waals surface area contributed by atoms with Crippen LogP contribution in [-0.2, 0) is 10.0 Å². The average molecular weight is 433 g/mol. The molecule has 0 aliphatic rings. The zero-order chi connectivity index (χ0) is 21.3. The topological polar surface area (TPSA) is 51.5 Å². The molecule has 3 aromatic rings. The van der Waals surface area contributed by atoms with Gasteiger partial charge in [-0.1, -0.05) is 26.0 Å². The monoisotopic (exact) mass is 432 g/mol. The molecule has 0 spiro atoms. The molecule has 7 heteroatoms. The van der Waals surface area contributed by atoms with Gasteiger partial charge in [-0.25, -0.2) is 12.4 Å². The van der Waals surface area contributed by atoms with Crippen molar-refractivity contribution in [3.8, 4) is 5.75 Å². The lowest BCUT2D eigenvalue weighted by Crippen LogP contribution is -2.20. The third kappa shape index (κ3) is 4.32. The average Bonchev–Trinajstić information content (AvgIpc) is 3.06. The van der Waals surface area contributed by atoms with Gasteiger partial charge in [-0.3, -0.25) is 4.90 Å². The molecule has 29 heavy (non-hydrogen) atoms. The lowest BCUT2D eigenvalue weighted by molar-refractivity contribution is 0.402. The number of thioether (sulfide) groups is 1.